The Morgan fingerprint density at radius 1 is 1.20 bits per heavy atom. The van der Waals surface area contributed by atoms with E-state index in [1.807, 2.05) is 12.3 Å². The van der Waals surface area contributed by atoms with E-state index >= 15 is 0 Å². The fraction of sp³-hybridized carbons (Fsp3) is 0.429. The lowest BCUT2D eigenvalue weighted by Crippen LogP contribution is -2.29. The van der Waals surface area contributed by atoms with Crippen molar-refractivity contribution in [3.05, 3.63) is 36.7 Å². The van der Waals surface area contributed by atoms with Crippen LogP contribution in [-0.4, -0.2) is 45.0 Å². The van der Waals surface area contributed by atoms with Gasteiger partial charge in [-0.2, -0.15) is 0 Å². The lowest BCUT2D eigenvalue weighted by atomic mass is 9.94. The molecule has 0 bridgehead atoms. The van der Waals surface area contributed by atoms with E-state index in [2.05, 4.69) is 37.2 Å². The van der Waals surface area contributed by atoms with E-state index in [4.69, 9.17) is 0 Å². The summed E-state index contributed by atoms with van der Waals surface area (Å²) >= 11 is 0. The maximum Gasteiger partial charge on any atom is 0.227 e. The molecule has 20 heavy (non-hydrogen) atoms. The Hall–Kier alpha value is -2.08. The highest BCUT2D eigenvalue weighted by atomic mass is 15.1. The molecule has 6 heteroatoms. The molecule has 0 amide bonds. The molecule has 1 aliphatic rings. The average molecular weight is 270 g/mol. The molecule has 3 rings (SSSR count). The van der Waals surface area contributed by atoms with Crippen LogP contribution in [0.4, 0.5) is 11.6 Å². The zero-order valence-corrected chi connectivity index (χ0v) is 11.5. The summed E-state index contributed by atoms with van der Waals surface area (Å²) in [5.41, 5.74) is 1.92. The zero-order chi connectivity index (χ0) is 13.8. The molecule has 0 radical (unpaired) electrons. The summed E-state index contributed by atoms with van der Waals surface area (Å²) in [4.78, 5) is 19.2. The van der Waals surface area contributed by atoms with Crippen molar-refractivity contribution < 1.29 is 0 Å². The van der Waals surface area contributed by atoms with Crippen LogP contribution in [-0.2, 0) is 0 Å². The first-order valence-electron chi connectivity index (χ1n) is 6.85. The van der Waals surface area contributed by atoms with Crippen LogP contribution in [0.1, 0.15) is 24.5 Å². The minimum Gasteiger partial charge on any atom is -0.322 e. The maximum atomic E-state index is 4.62. The lowest BCUT2D eigenvalue weighted by Gasteiger charge is -2.28. The number of likely N-dealkylation sites (tertiary alicyclic amines) is 1. The molecule has 2 aromatic heterocycles. The van der Waals surface area contributed by atoms with Gasteiger partial charge in [-0.25, -0.2) is 19.9 Å². The summed E-state index contributed by atoms with van der Waals surface area (Å²) in [6.45, 7) is 2.26. The lowest BCUT2D eigenvalue weighted by molar-refractivity contribution is 0.253. The Balaban J connectivity index is 1.73. The topological polar surface area (TPSA) is 66.8 Å². The second-order valence-corrected chi connectivity index (χ2v) is 5.13. The summed E-state index contributed by atoms with van der Waals surface area (Å²) in [6.07, 6.45) is 9.04. The second kappa shape index (κ2) is 5.92. The van der Waals surface area contributed by atoms with Gasteiger partial charge in [-0.1, -0.05) is 0 Å². The van der Waals surface area contributed by atoms with Crippen LogP contribution in [0.15, 0.2) is 31.0 Å². The average Bonchev–Trinajstić information content (AvgIpc) is 2.49. The van der Waals surface area contributed by atoms with Crippen molar-refractivity contribution in [1.82, 2.24) is 24.8 Å². The first-order valence-corrected chi connectivity index (χ1v) is 6.85. The Bertz CT molecular complexity index is 551. The summed E-state index contributed by atoms with van der Waals surface area (Å²) in [5, 5.41) is 3.13. The normalized spacial score (nSPS) is 17.1. The maximum absolute atomic E-state index is 4.62. The fourth-order valence-corrected chi connectivity index (χ4v) is 2.46. The van der Waals surface area contributed by atoms with Crippen molar-refractivity contribution in [3.63, 3.8) is 0 Å². The van der Waals surface area contributed by atoms with Gasteiger partial charge in [0.25, 0.3) is 0 Å². The molecule has 0 aromatic carbocycles. The van der Waals surface area contributed by atoms with E-state index in [1.165, 1.54) is 6.33 Å². The van der Waals surface area contributed by atoms with Gasteiger partial charge >= 0.3 is 0 Å². The Kier molecular flexibility index (Phi) is 3.83. The van der Waals surface area contributed by atoms with Crippen molar-refractivity contribution in [3.8, 4) is 0 Å². The van der Waals surface area contributed by atoms with E-state index in [-0.39, 0.29) is 0 Å². The molecule has 3 heterocycles. The van der Waals surface area contributed by atoms with Gasteiger partial charge in [0.2, 0.25) is 5.95 Å². The molecule has 1 fully saturated rings. The Morgan fingerprint density at radius 3 is 2.70 bits per heavy atom. The third kappa shape index (κ3) is 3.08. The minimum atomic E-state index is 0.529. The van der Waals surface area contributed by atoms with Gasteiger partial charge < -0.3 is 10.2 Å². The van der Waals surface area contributed by atoms with Crippen LogP contribution < -0.4 is 5.32 Å². The number of anilines is 2. The first kappa shape index (κ1) is 12.9. The van der Waals surface area contributed by atoms with Crippen molar-refractivity contribution in [2.24, 2.45) is 0 Å². The van der Waals surface area contributed by atoms with Crippen LogP contribution in [0.25, 0.3) is 0 Å². The van der Waals surface area contributed by atoms with Crippen LogP contribution in [0.2, 0.25) is 0 Å². The van der Waals surface area contributed by atoms with Gasteiger partial charge in [0.05, 0.1) is 18.1 Å². The van der Waals surface area contributed by atoms with Gasteiger partial charge in [0.15, 0.2) is 0 Å². The molecule has 0 atom stereocenters. The number of piperidine rings is 1. The molecule has 1 saturated heterocycles. The van der Waals surface area contributed by atoms with E-state index in [1.54, 1.807) is 12.4 Å². The molecule has 104 valence electrons. The third-order valence-corrected chi connectivity index (χ3v) is 3.63. The molecule has 0 unspecified atom stereocenters. The predicted octanol–water partition coefficient (Wildman–Crippen LogP) is 1.82. The molecule has 0 spiro atoms. The van der Waals surface area contributed by atoms with Crippen LogP contribution in [0, 0.1) is 0 Å². The summed E-state index contributed by atoms with van der Waals surface area (Å²) in [5.74, 6) is 1.14. The van der Waals surface area contributed by atoms with Gasteiger partial charge in [-0.3, -0.25) is 0 Å². The SMILES string of the molecule is CN1CCC(c2ccnc(Nc3cncnc3)n2)CC1. The van der Waals surface area contributed by atoms with Crippen molar-refractivity contribution in [1.29, 1.82) is 0 Å². The van der Waals surface area contributed by atoms with Crippen molar-refractivity contribution >= 4 is 11.6 Å². The number of nitrogens with one attached hydrogen (secondary N) is 1. The minimum absolute atomic E-state index is 0.529. The van der Waals surface area contributed by atoms with Gasteiger partial charge in [0, 0.05) is 17.8 Å². The molecule has 6 nitrogen and oxygen atoms in total. The van der Waals surface area contributed by atoms with Crippen LogP contribution in [0.3, 0.4) is 0 Å². The molecular formula is C14H18N6. The largest absolute Gasteiger partial charge is 0.322 e. The van der Waals surface area contributed by atoms with Gasteiger partial charge in [0.1, 0.15) is 6.33 Å². The Morgan fingerprint density at radius 2 is 1.95 bits per heavy atom. The highest BCUT2D eigenvalue weighted by Gasteiger charge is 2.19. The number of hydrogen-bond acceptors (Lipinski definition) is 6. The Labute approximate surface area is 118 Å². The highest BCUT2D eigenvalue weighted by molar-refractivity contribution is 5.49. The van der Waals surface area contributed by atoms with E-state index in [9.17, 15) is 0 Å². The standard InChI is InChI=1S/C14H18N6/c1-20-6-3-11(4-7-20)13-2-5-17-14(19-13)18-12-8-15-10-16-9-12/h2,5,8-11H,3-4,6-7H2,1H3,(H,17,18,19). The number of rotatable bonds is 3. The zero-order valence-electron chi connectivity index (χ0n) is 11.5. The van der Waals surface area contributed by atoms with Crippen LogP contribution >= 0.6 is 0 Å². The molecule has 1 aliphatic heterocycles. The number of aromatic nitrogens is 4. The monoisotopic (exact) mass is 270 g/mol. The quantitative estimate of drug-likeness (QED) is 0.917. The van der Waals surface area contributed by atoms with E-state index in [0.29, 0.717) is 11.9 Å². The van der Waals surface area contributed by atoms with E-state index < -0.39 is 0 Å². The third-order valence-electron chi connectivity index (χ3n) is 3.63. The summed E-state index contributed by atoms with van der Waals surface area (Å²) < 4.78 is 0. The second-order valence-electron chi connectivity index (χ2n) is 5.13. The van der Waals surface area contributed by atoms with Crippen molar-refractivity contribution in [2.45, 2.75) is 18.8 Å². The molecular weight excluding hydrogens is 252 g/mol. The first-order chi connectivity index (χ1) is 9.81. The number of hydrogen-bond donors (Lipinski definition) is 1. The van der Waals surface area contributed by atoms with Gasteiger partial charge in [-0.05, 0) is 39.0 Å². The molecule has 1 N–H and O–H groups in total. The predicted molar refractivity (Wildman–Crippen MR) is 76.8 cm³/mol. The van der Waals surface area contributed by atoms with Crippen molar-refractivity contribution in [2.75, 3.05) is 25.5 Å². The fourth-order valence-electron chi connectivity index (χ4n) is 2.46. The molecule has 0 saturated carbocycles. The van der Waals surface area contributed by atoms with E-state index in [0.717, 1.165) is 37.3 Å². The van der Waals surface area contributed by atoms with Crippen LogP contribution in [0.5, 0.6) is 0 Å². The number of nitrogens with zero attached hydrogens (tertiary/aromatic N) is 5. The van der Waals surface area contributed by atoms with Gasteiger partial charge in [-0.15, -0.1) is 0 Å². The summed E-state index contributed by atoms with van der Waals surface area (Å²) in [7, 11) is 2.17. The smallest absolute Gasteiger partial charge is 0.227 e. The highest BCUT2D eigenvalue weighted by Crippen LogP contribution is 2.26. The summed E-state index contributed by atoms with van der Waals surface area (Å²) in [6, 6.07) is 2.02. The molecule has 0 aliphatic carbocycles. The molecule has 2 aromatic rings.